The first-order chi connectivity index (χ1) is 7.74. The van der Waals surface area contributed by atoms with Crippen molar-refractivity contribution in [2.45, 2.75) is 26.3 Å². The first-order valence-electron chi connectivity index (χ1n) is 5.18. The summed E-state index contributed by atoms with van der Waals surface area (Å²) in [6.07, 6.45) is 4.74. The quantitative estimate of drug-likeness (QED) is 0.805. The number of fused-ring (bicyclic) bond motifs is 1. The van der Waals surface area contributed by atoms with Crippen molar-refractivity contribution in [3.63, 3.8) is 0 Å². The van der Waals surface area contributed by atoms with Gasteiger partial charge in [-0.2, -0.15) is 0 Å². The fourth-order valence-corrected chi connectivity index (χ4v) is 1.53. The van der Waals surface area contributed by atoms with Crippen molar-refractivity contribution in [3.8, 4) is 0 Å². The largest absolute Gasteiger partial charge is 0.330 e. The average Bonchev–Trinajstić information content (AvgIpc) is 2.29. The number of aryl methyl sites for hydroxylation is 1. The van der Waals surface area contributed by atoms with Crippen LogP contribution in [-0.4, -0.2) is 19.5 Å². The van der Waals surface area contributed by atoms with Crippen molar-refractivity contribution in [2.75, 3.05) is 0 Å². The third kappa shape index (κ3) is 1.73. The van der Waals surface area contributed by atoms with E-state index in [-0.39, 0.29) is 5.52 Å². The highest BCUT2D eigenvalue weighted by Crippen LogP contribution is 2.01. The number of unbranched alkanes of at least 4 members (excludes halogenated alkanes) is 1. The number of hydrogen-bond donors (Lipinski definition) is 1. The van der Waals surface area contributed by atoms with E-state index in [0.717, 1.165) is 12.8 Å². The molecule has 0 aliphatic heterocycles. The molecule has 0 saturated heterocycles. The zero-order chi connectivity index (χ0) is 11.5. The Hall–Kier alpha value is -1.98. The van der Waals surface area contributed by atoms with E-state index in [1.807, 2.05) is 6.92 Å². The van der Waals surface area contributed by atoms with Gasteiger partial charge in [0.1, 0.15) is 0 Å². The van der Waals surface area contributed by atoms with Gasteiger partial charge in [-0.05, 0) is 6.42 Å². The van der Waals surface area contributed by atoms with Crippen LogP contribution < -0.4 is 11.2 Å². The molecule has 16 heavy (non-hydrogen) atoms. The molecule has 6 nitrogen and oxygen atoms in total. The summed E-state index contributed by atoms with van der Waals surface area (Å²) in [5.41, 5.74) is -0.352. The molecular weight excluding hydrogens is 208 g/mol. The zero-order valence-electron chi connectivity index (χ0n) is 8.93. The molecule has 2 aromatic heterocycles. The second-order valence-electron chi connectivity index (χ2n) is 3.49. The van der Waals surface area contributed by atoms with E-state index in [9.17, 15) is 9.59 Å². The Bertz CT molecular complexity index is 614. The predicted molar refractivity (Wildman–Crippen MR) is 59.3 cm³/mol. The molecule has 0 saturated carbocycles. The van der Waals surface area contributed by atoms with Gasteiger partial charge < -0.3 is 0 Å². The maximum absolute atomic E-state index is 11.6. The molecule has 6 heteroatoms. The van der Waals surface area contributed by atoms with Crippen LogP contribution in [0.4, 0.5) is 0 Å². The van der Waals surface area contributed by atoms with Crippen molar-refractivity contribution in [1.29, 1.82) is 0 Å². The highest BCUT2D eigenvalue weighted by atomic mass is 16.2. The second kappa shape index (κ2) is 4.26. The van der Waals surface area contributed by atoms with Gasteiger partial charge in [-0.25, -0.2) is 14.8 Å². The van der Waals surface area contributed by atoms with E-state index in [0.29, 0.717) is 12.2 Å². The summed E-state index contributed by atoms with van der Waals surface area (Å²) in [7, 11) is 0. The molecule has 0 fully saturated rings. The van der Waals surface area contributed by atoms with Gasteiger partial charge in [0.05, 0.1) is 0 Å². The molecule has 2 rings (SSSR count). The van der Waals surface area contributed by atoms with Gasteiger partial charge in [0.2, 0.25) is 0 Å². The van der Waals surface area contributed by atoms with E-state index in [1.54, 1.807) is 0 Å². The summed E-state index contributed by atoms with van der Waals surface area (Å²) in [6.45, 7) is 2.58. The lowest BCUT2D eigenvalue weighted by atomic mass is 10.3. The van der Waals surface area contributed by atoms with Crippen LogP contribution in [-0.2, 0) is 6.54 Å². The van der Waals surface area contributed by atoms with Crippen molar-refractivity contribution < 1.29 is 0 Å². The molecule has 0 aliphatic rings. The maximum Gasteiger partial charge on any atom is 0.330 e. The number of nitrogens with zero attached hydrogens (tertiary/aromatic N) is 3. The average molecular weight is 220 g/mol. The molecule has 2 aromatic rings. The smallest absolute Gasteiger partial charge is 0.276 e. The molecule has 0 atom stereocenters. The third-order valence-electron chi connectivity index (χ3n) is 2.35. The van der Waals surface area contributed by atoms with E-state index >= 15 is 0 Å². The summed E-state index contributed by atoms with van der Waals surface area (Å²) in [5.74, 6) is 0. The molecule has 0 amide bonds. The van der Waals surface area contributed by atoms with E-state index in [1.165, 1.54) is 17.0 Å². The molecule has 0 spiro atoms. The summed E-state index contributed by atoms with van der Waals surface area (Å²) < 4.78 is 1.45. The molecule has 0 unspecified atom stereocenters. The van der Waals surface area contributed by atoms with Crippen LogP contribution in [0.2, 0.25) is 0 Å². The van der Waals surface area contributed by atoms with Gasteiger partial charge in [-0.3, -0.25) is 14.3 Å². The Labute approximate surface area is 91.0 Å². The van der Waals surface area contributed by atoms with Gasteiger partial charge in [0.15, 0.2) is 11.2 Å². The number of H-pyrrole nitrogens is 1. The van der Waals surface area contributed by atoms with Crippen LogP contribution in [0.1, 0.15) is 19.8 Å². The van der Waals surface area contributed by atoms with Crippen molar-refractivity contribution >= 4 is 11.2 Å². The fraction of sp³-hybridized carbons (Fsp3) is 0.400. The summed E-state index contributed by atoms with van der Waals surface area (Å²) in [6, 6.07) is 0. The van der Waals surface area contributed by atoms with Gasteiger partial charge in [-0.1, -0.05) is 13.3 Å². The SMILES string of the molecule is CCCCn1c(=O)[nH]c(=O)c2nccnc21. The summed E-state index contributed by atoms with van der Waals surface area (Å²) in [5, 5.41) is 0. The Morgan fingerprint density at radius 1 is 1.31 bits per heavy atom. The third-order valence-corrected chi connectivity index (χ3v) is 2.35. The van der Waals surface area contributed by atoms with Gasteiger partial charge in [0, 0.05) is 18.9 Å². The normalized spacial score (nSPS) is 10.8. The van der Waals surface area contributed by atoms with E-state index in [4.69, 9.17) is 0 Å². The Kier molecular flexibility index (Phi) is 2.80. The van der Waals surface area contributed by atoms with Gasteiger partial charge in [-0.15, -0.1) is 0 Å². The van der Waals surface area contributed by atoms with Crippen molar-refractivity contribution in [3.05, 3.63) is 33.2 Å². The van der Waals surface area contributed by atoms with Gasteiger partial charge in [0.25, 0.3) is 5.56 Å². The summed E-state index contributed by atoms with van der Waals surface area (Å²) >= 11 is 0. The molecule has 1 N–H and O–H groups in total. The van der Waals surface area contributed by atoms with Crippen molar-refractivity contribution in [1.82, 2.24) is 19.5 Å². The van der Waals surface area contributed by atoms with Crippen molar-refractivity contribution in [2.24, 2.45) is 0 Å². The molecule has 0 radical (unpaired) electrons. The lowest BCUT2D eigenvalue weighted by Gasteiger charge is -2.06. The number of nitrogens with one attached hydrogen (secondary N) is 1. The standard InChI is InChI=1S/C10H12N4O2/c1-2-3-6-14-8-7(11-4-5-12-8)9(15)13-10(14)16/h4-5H,2-3,6H2,1H3,(H,13,15,16). The maximum atomic E-state index is 11.6. The Morgan fingerprint density at radius 3 is 2.81 bits per heavy atom. The molecule has 0 aromatic carbocycles. The second-order valence-corrected chi connectivity index (χ2v) is 3.49. The van der Waals surface area contributed by atoms with E-state index < -0.39 is 11.2 Å². The molecule has 84 valence electrons. The minimum atomic E-state index is -0.485. The zero-order valence-corrected chi connectivity index (χ0v) is 8.93. The van der Waals surface area contributed by atoms with E-state index in [2.05, 4.69) is 15.0 Å². The van der Waals surface area contributed by atoms with Crippen LogP contribution >= 0.6 is 0 Å². The minimum absolute atomic E-state index is 0.207. The van der Waals surface area contributed by atoms with Crippen LogP contribution in [0.15, 0.2) is 22.0 Å². The predicted octanol–water partition coefficient (Wildman–Crippen LogP) is 0.280. The number of rotatable bonds is 3. The number of hydrogen-bond acceptors (Lipinski definition) is 4. The van der Waals surface area contributed by atoms with Crippen LogP contribution in [0, 0.1) is 0 Å². The lowest BCUT2D eigenvalue weighted by molar-refractivity contribution is 0.611. The molecule has 0 bridgehead atoms. The number of aromatic nitrogens is 4. The highest BCUT2D eigenvalue weighted by Gasteiger charge is 2.08. The minimum Gasteiger partial charge on any atom is -0.276 e. The van der Waals surface area contributed by atoms with Crippen LogP contribution in [0.25, 0.3) is 11.2 Å². The Morgan fingerprint density at radius 2 is 2.06 bits per heavy atom. The summed E-state index contributed by atoms with van der Waals surface area (Å²) in [4.78, 5) is 33.3. The molecular formula is C10H12N4O2. The monoisotopic (exact) mass is 220 g/mol. The first-order valence-corrected chi connectivity index (χ1v) is 5.18. The topological polar surface area (TPSA) is 80.6 Å². The first kappa shape index (κ1) is 10.5. The fourth-order valence-electron chi connectivity index (χ4n) is 1.53. The molecule has 0 aliphatic carbocycles. The lowest BCUT2D eigenvalue weighted by Crippen LogP contribution is -2.31. The molecule has 2 heterocycles. The van der Waals surface area contributed by atoms with Crippen LogP contribution in [0.5, 0.6) is 0 Å². The van der Waals surface area contributed by atoms with Gasteiger partial charge >= 0.3 is 5.69 Å². The van der Waals surface area contributed by atoms with Crippen LogP contribution in [0.3, 0.4) is 0 Å². The number of aromatic amines is 1. The highest BCUT2D eigenvalue weighted by molar-refractivity contribution is 5.67. The Balaban J connectivity index is 2.72.